The zero-order valence-electron chi connectivity index (χ0n) is 9.77. The molecule has 16 heavy (non-hydrogen) atoms. The first-order chi connectivity index (χ1) is 7.17. The number of hydrogen-bond acceptors (Lipinski definition) is 5. The third-order valence-corrected chi connectivity index (χ3v) is 1.77. The smallest absolute Gasteiger partial charge is 0.320 e. The summed E-state index contributed by atoms with van der Waals surface area (Å²) in [5, 5.41) is 18.1. The van der Waals surface area contributed by atoms with Crippen molar-refractivity contribution in [2.75, 3.05) is 6.54 Å². The van der Waals surface area contributed by atoms with Crippen molar-refractivity contribution in [2.45, 2.75) is 38.9 Å². The van der Waals surface area contributed by atoms with E-state index >= 15 is 0 Å². The summed E-state index contributed by atoms with van der Waals surface area (Å²) in [6.45, 7) is 4.84. The maximum atomic E-state index is 11.5. The van der Waals surface area contributed by atoms with E-state index in [1.807, 2.05) is 0 Å². The van der Waals surface area contributed by atoms with Gasteiger partial charge in [0.15, 0.2) is 5.92 Å². The molecule has 0 spiro atoms. The molecule has 0 rings (SSSR count). The van der Waals surface area contributed by atoms with Crippen molar-refractivity contribution in [1.82, 2.24) is 0 Å². The molecule has 0 bridgehead atoms. The summed E-state index contributed by atoms with van der Waals surface area (Å²) in [4.78, 5) is 22.3. The molecule has 0 heterocycles. The molecule has 94 valence electrons. The number of carboxylic acids is 1. The minimum absolute atomic E-state index is 0.0907. The van der Waals surface area contributed by atoms with Crippen molar-refractivity contribution >= 4 is 11.9 Å². The molecular weight excluding hydrogens is 214 g/mol. The van der Waals surface area contributed by atoms with E-state index in [1.54, 1.807) is 20.8 Å². The number of nitrogens with two attached hydrogens (primary N) is 1. The van der Waals surface area contributed by atoms with E-state index in [-0.39, 0.29) is 13.0 Å². The van der Waals surface area contributed by atoms with Crippen LogP contribution in [0.1, 0.15) is 27.2 Å². The minimum Gasteiger partial charge on any atom is -0.481 e. The van der Waals surface area contributed by atoms with E-state index in [2.05, 4.69) is 0 Å². The molecule has 2 atom stereocenters. The van der Waals surface area contributed by atoms with E-state index in [0.717, 1.165) is 0 Å². The molecule has 0 radical (unpaired) electrons. The van der Waals surface area contributed by atoms with Gasteiger partial charge in [-0.25, -0.2) is 0 Å². The van der Waals surface area contributed by atoms with Crippen LogP contribution in [0.15, 0.2) is 0 Å². The monoisotopic (exact) mass is 233 g/mol. The van der Waals surface area contributed by atoms with Gasteiger partial charge >= 0.3 is 11.9 Å². The first kappa shape index (κ1) is 14.9. The summed E-state index contributed by atoms with van der Waals surface area (Å²) >= 11 is 0. The Morgan fingerprint density at radius 3 is 2.19 bits per heavy atom. The highest BCUT2D eigenvalue weighted by atomic mass is 16.6. The van der Waals surface area contributed by atoms with E-state index in [9.17, 15) is 14.7 Å². The molecule has 6 heteroatoms. The Kier molecular flexibility index (Phi) is 5.40. The Bertz CT molecular complexity index is 258. The lowest BCUT2D eigenvalue weighted by Crippen LogP contribution is -2.36. The molecule has 2 unspecified atom stereocenters. The number of hydrogen-bond donors (Lipinski definition) is 3. The van der Waals surface area contributed by atoms with E-state index < -0.39 is 29.6 Å². The number of rotatable bonds is 5. The maximum Gasteiger partial charge on any atom is 0.320 e. The van der Waals surface area contributed by atoms with Crippen LogP contribution in [0.25, 0.3) is 0 Å². The lowest BCUT2D eigenvalue weighted by atomic mass is 10.0. The summed E-state index contributed by atoms with van der Waals surface area (Å²) in [5.41, 5.74) is 4.40. The van der Waals surface area contributed by atoms with Gasteiger partial charge in [0.1, 0.15) is 5.60 Å². The summed E-state index contributed by atoms with van der Waals surface area (Å²) in [6.07, 6.45) is -1.26. The topological polar surface area (TPSA) is 110 Å². The predicted molar refractivity (Wildman–Crippen MR) is 56.6 cm³/mol. The Balaban J connectivity index is 4.54. The molecule has 0 aromatic heterocycles. The predicted octanol–water partition coefficient (Wildman–Crippen LogP) is -0.261. The molecule has 0 aromatic carbocycles. The van der Waals surface area contributed by atoms with Gasteiger partial charge in [-0.15, -0.1) is 0 Å². The number of esters is 1. The molecule has 0 amide bonds. The van der Waals surface area contributed by atoms with Crippen molar-refractivity contribution in [2.24, 2.45) is 11.7 Å². The van der Waals surface area contributed by atoms with Crippen LogP contribution in [0.5, 0.6) is 0 Å². The average Bonchev–Trinajstić information content (AvgIpc) is 2.09. The van der Waals surface area contributed by atoms with Crippen molar-refractivity contribution < 1.29 is 24.5 Å². The van der Waals surface area contributed by atoms with Gasteiger partial charge in [-0.05, 0) is 27.2 Å². The van der Waals surface area contributed by atoms with Gasteiger partial charge in [0.25, 0.3) is 0 Å². The largest absolute Gasteiger partial charge is 0.481 e. The van der Waals surface area contributed by atoms with Crippen LogP contribution >= 0.6 is 0 Å². The van der Waals surface area contributed by atoms with Gasteiger partial charge in [0, 0.05) is 6.54 Å². The van der Waals surface area contributed by atoms with Gasteiger partial charge in [-0.3, -0.25) is 9.59 Å². The van der Waals surface area contributed by atoms with Crippen LogP contribution in [0, 0.1) is 5.92 Å². The van der Waals surface area contributed by atoms with E-state index in [4.69, 9.17) is 15.6 Å². The number of aliphatic hydroxyl groups excluding tert-OH is 1. The highest BCUT2D eigenvalue weighted by Gasteiger charge is 2.32. The SMILES string of the molecule is CC(C)(C)OC(=O)C(CC(O)CN)C(=O)O. The Morgan fingerprint density at radius 1 is 1.38 bits per heavy atom. The first-order valence-corrected chi connectivity index (χ1v) is 5.01. The Hall–Kier alpha value is -1.14. The fourth-order valence-corrected chi connectivity index (χ4v) is 1.04. The number of carbonyl (C=O) groups excluding carboxylic acids is 1. The summed E-state index contributed by atoms with van der Waals surface area (Å²) in [6, 6.07) is 0. The van der Waals surface area contributed by atoms with Gasteiger partial charge in [-0.2, -0.15) is 0 Å². The molecule has 0 aromatic rings. The van der Waals surface area contributed by atoms with Crippen LogP contribution in [-0.2, 0) is 14.3 Å². The van der Waals surface area contributed by atoms with Crippen molar-refractivity contribution in [3.05, 3.63) is 0 Å². The molecule has 0 aliphatic rings. The third kappa shape index (κ3) is 5.67. The second-order valence-electron chi connectivity index (χ2n) is 4.55. The lowest BCUT2D eigenvalue weighted by Gasteiger charge is -2.23. The number of carboxylic acid groups (broad SMARTS) is 1. The third-order valence-electron chi connectivity index (χ3n) is 1.77. The minimum atomic E-state index is -1.38. The molecule has 6 nitrogen and oxygen atoms in total. The molecule has 0 aliphatic heterocycles. The molecule has 4 N–H and O–H groups in total. The fourth-order valence-electron chi connectivity index (χ4n) is 1.04. The summed E-state index contributed by atoms with van der Waals surface area (Å²) in [7, 11) is 0. The van der Waals surface area contributed by atoms with E-state index in [1.165, 1.54) is 0 Å². The first-order valence-electron chi connectivity index (χ1n) is 5.01. The second-order valence-corrected chi connectivity index (χ2v) is 4.55. The molecule has 0 saturated heterocycles. The average molecular weight is 233 g/mol. The van der Waals surface area contributed by atoms with Crippen LogP contribution in [0.3, 0.4) is 0 Å². The maximum absolute atomic E-state index is 11.5. The number of carbonyl (C=O) groups is 2. The normalized spacial score (nSPS) is 15.3. The number of aliphatic carboxylic acids is 1. The molecule has 0 aliphatic carbocycles. The fraction of sp³-hybridized carbons (Fsp3) is 0.800. The molecular formula is C10H19NO5. The Labute approximate surface area is 94.4 Å². The Morgan fingerprint density at radius 2 is 1.88 bits per heavy atom. The summed E-state index contributed by atoms with van der Waals surface area (Å²) in [5.74, 6) is -3.55. The lowest BCUT2D eigenvalue weighted by molar-refractivity contribution is -0.168. The van der Waals surface area contributed by atoms with Crippen molar-refractivity contribution in [3.63, 3.8) is 0 Å². The van der Waals surface area contributed by atoms with E-state index in [0.29, 0.717) is 0 Å². The number of ether oxygens (including phenoxy) is 1. The summed E-state index contributed by atoms with van der Waals surface area (Å²) < 4.78 is 4.93. The quantitative estimate of drug-likeness (QED) is 0.445. The highest BCUT2D eigenvalue weighted by Crippen LogP contribution is 2.15. The van der Waals surface area contributed by atoms with Crippen molar-refractivity contribution in [1.29, 1.82) is 0 Å². The van der Waals surface area contributed by atoms with Gasteiger partial charge < -0.3 is 20.7 Å². The van der Waals surface area contributed by atoms with Crippen molar-refractivity contribution in [3.8, 4) is 0 Å². The van der Waals surface area contributed by atoms with Crippen LogP contribution in [0.2, 0.25) is 0 Å². The van der Waals surface area contributed by atoms with Crippen LogP contribution in [-0.4, -0.2) is 40.4 Å². The van der Waals surface area contributed by atoms with Crippen LogP contribution < -0.4 is 5.73 Å². The van der Waals surface area contributed by atoms with Crippen LogP contribution in [0.4, 0.5) is 0 Å². The zero-order valence-corrected chi connectivity index (χ0v) is 9.77. The van der Waals surface area contributed by atoms with Gasteiger partial charge in [0.2, 0.25) is 0 Å². The highest BCUT2D eigenvalue weighted by molar-refractivity contribution is 5.94. The molecule has 0 saturated carbocycles. The number of aliphatic hydroxyl groups is 1. The second kappa shape index (κ2) is 5.81. The van der Waals surface area contributed by atoms with Gasteiger partial charge in [-0.1, -0.05) is 0 Å². The van der Waals surface area contributed by atoms with Gasteiger partial charge in [0.05, 0.1) is 6.10 Å². The standard InChI is InChI=1S/C10H19NO5/c1-10(2,3)16-9(15)7(8(13)14)4-6(12)5-11/h6-7,12H,4-5,11H2,1-3H3,(H,13,14). The molecule has 0 fully saturated rings. The zero-order chi connectivity index (χ0) is 12.9.